The number of carbonyl (C=O) groups excluding carboxylic acids is 2. The van der Waals surface area contributed by atoms with Gasteiger partial charge in [-0.15, -0.1) is 0 Å². The molecule has 0 aromatic carbocycles. The van der Waals surface area contributed by atoms with Gasteiger partial charge in [0.25, 0.3) is 0 Å². The van der Waals surface area contributed by atoms with Crippen molar-refractivity contribution >= 4 is 11.6 Å². The number of hydrogen-bond acceptors (Lipinski definition) is 2. The average molecular weight is 413 g/mol. The van der Waals surface area contributed by atoms with Crippen LogP contribution in [0.3, 0.4) is 0 Å². The largest absolute Gasteiger partial charge is 0.295 e. The molecule has 30 heavy (non-hydrogen) atoms. The highest BCUT2D eigenvalue weighted by Gasteiger charge is 2.62. The number of fused-ring (bicyclic) bond motifs is 5. The summed E-state index contributed by atoms with van der Waals surface area (Å²) in [6.45, 7) is 14.3. The Labute approximate surface area is 184 Å². The lowest BCUT2D eigenvalue weighted by molar-refractivity contribution is -0.140. The zero-order chi connectivity index (χ0) is 21.8. The van der Waals surface area contributed by atoms with Crippen molar-refractivity contribution in [2.75, 3.05) is 0 Å². The van der Waals surface area contributed by atoms with Crippen molar-refractivity contribution in [3.63, 3.8) is 0 Å². The van der Waals surface area contributed by atoms with E-state index in [0.29, 0.717) is 35.4 Å². The molecule has 3 fully saturated rings. The summed E-state index contributed by atoms with van der Waals surface area (Å²) in [5.41, 5.74) is 1.21. The Morgan fingerprint density at radius 1 is 1.00 bits per heavy atom. The third-order valence-corrected chi connectivity index (χ3v) is 10.4. The van der Waals surface area contributed by atoms with Gasteiger partial charge in [-0.2, -0.15) is 0 Å². The molecule has 0 saturated heterocycles. The Morgan fingerprint density at radius 2 is 1.73 bits per heavy atom. The summed E-state index contributed by atoms with van der Waals surface area (Å²) in [6, 6.07) is 0. The second-order valence-corrected chi connectivity index (χ2v) is 12.4. The molecule has 0 bridgehead atoms. The lowest BCUT2D eigenvalue weighted by Crippen LogP contribution is -2.56. The van der Waals surface area contributed by atoms with Crippen LogP contribution >= 0.6 is 0 Å². The number of carbonyl (C=O) groups is 2. The van der Waals surface area contributed by atoms with E-state index in [2.05, 4.69) is 41.5 Å². The van der Waals surface area contributed by atoms with Gasteiger partial charge in [-0.25, -0.2) is 0 Å². The van der Waals surface area contributed by atoms with Crippen molar-refractivity contribution in [3.05, 3.63) is 11.6 Å². The van der Waals surface area contributed by atoms with Crippen LogP contribution in [-0.4, -0.2) is 11.6 Å². The first kappa shape index (κ1) is 22.3. The van der Waals surface area contributed by atoms with Crippen LogP contribution in [0.4, 0.5) is 0 Å². The van der Waals surface area contributed by atoms with Crippen LogP contribution in [-0.2, 0) is 9.59 Å². The number of Topliss-reactive ketones (excluding diaryl/α,β-unsaturated/α-hetero) is 1. The van der Waals surface area contributed by atoms with E-state index in [-0.39, 0.29) is 17.1 Å². The summed E-state index contributed by atoms with van der Waals surface area (Å²) in [7, 11) is 0. The van der Waals surface area contributed by atoms with Crippen LogP contribution in [0.1, 0.15) is 99.3 Å². The molecule has 4 rings (SSSR count). The van der Waals surface area contributed by atoms with E-state index < -0.39 is 0 Å². The van der Waals surface area contributed by atoms with Crippen LogP contribution < -0.4 is 0 Å². The molecule has 0 aliphatic heterocycles. The third-order valence-electron chi connectivity index (χ3n) is 10.4. The maximum Gasteiger partial charge on any atom is 0.162 e. The van der Waals surface area contributed by atoms with Crippen LogP contribution in [0.2, 0.25) is 0 Å². The van der Waals surface area contributed by atoms with Gasteiger partial charge >= 0.3 is 0 Å². The van der Waals surface area contributed by atoms with Crippen LogP contribution in [0.5, 0.6) is 0 Å². The van der Waals surface area contributed by atoms with Crippen molar-refractivity contribution in [2.24, 2.45) is 52.3 Å². The second kappa shape index (κ2) is 7.89. The van der Waals surface area contributed by atoms with Gasteiger partial charge in [0.1, 0.15) is 0 Å². The molecule has 2 heteroatoms. The smallest absolute Gasteiger partial charge is 0.162 e. The minimum Gasteiger partial charge on any atom is -0.295 e. The maximum atomic E-state index is 13.5. The van der Waals surface area contributed by atoms with Gasteiger partial charge in [-0.05, 0) is 84.5 Å². The van der Waals surface area contributed by atoms with Crippen LogP contribution in [0, 0.1) is 52.3 Å². The Balaban J connectivity index is 1.58. The predicted molar refractivity (Wildman–Crippen MR) is 123 cm³/mol. The fourth-order valence-electron chi connectivity index (χ4n) is 8.73. The van der Waals surface area contributed by atoms with Gasteiger partial charge in [-0.3, -0.25) is 9.59 Å². The van der Waals surface area contributed by atoms with Crippen LogP contribution in [0.25, 0.3) is 0 Å². The molecule has 4 aliphatic carbocycles. The molecule has 168 valence electrons. The first-order valence-corrected chi connectivity index (χ1v) is 12.9. The molecular weight excluding hydrogens is 368 g/mol. The Hall–Kier alpha value is -0.920. The molecule has 2 nitrogen and oxygen atoms in total. The summed E-state index contributed by atoms with van der Waals surface area (Å²) < 4.78 is 0. The summed E-state index contributed by atoms with van der Waals surface area (Å²) >= 11 is 0. The van der Waals surface area contributed by atoms with Crippen molar-refractivity contribution in [2.45, 2.75) is 99.3 Å². The Kier molecular flexibility index (Phi) is 5.86. The van der Waals surface area contributed by atoms with E-state index in [9.17, 15) is 9.59 Å². The normalized spacial score (nSPS) is 44.4. The monoisotopic (exact) mass is 412 g/mol. The van der Waals surface area contributed by atoms with Gasteiger partial charge in [0.15, 0.2) is 11.6 Å². The van der Waals surface area contributed by atoms with Gasteiger partial charge in [0.2, 0.25) is 0 Å². The highest BCUT2D eigenvalue weighted by molar-refractivity contribution is 6.06. The lowest BCUT2D eigenvalue weighted by Gasteiger charge is -2.59. The molecule has 0 spiro atoms. The van der Waals surface area contributed by atoms with E-state index in [1.54, 1.807) is 6.08 Å². The van der Waals surface area contributed by atoms with E-state index in [4.69, 9.17) is 0 Å². The highest BCUT2D eigenvalue weighted by Crippen LogP contribution is 2.68. The topological polar surface area (TPSA) is 34.1 Å². The maximum absolute atomic E-state index is 13.5. The molecule has 0 aromatic rings. The van der Waals surface area contributed by atoms with E-state index >= 15 is 0 Å². The number of ketones is 2. The predicted octanol–water partition coefficient (Wildman–Crippen LogP) is 7.02. The summed E-state index contributed by atoms with van der Waals surface area (Å²) in [6.07, 6.45) is 12.5. The number of hydrogen-bond donors (Lipinski definition) is 0. The molecular formula is C28H44O2. The fourth-order valence-corrected chi connectivity index (χ4v) is 8.73. The molecule has 3 saturated carbocycles. The molecule has 0 radical (unpaired) electrons. The number of allylic oxidation sites excluding steroid dienone is 1. The Morgan fingerprint density at radius 3 is 2.43 bits per heavy atom. The van der Waals surface area contributed by atoms with E-state index in [1.807, 2.05) is 0 Å². The zero-order valence-corrected chi connectivity index (χ0v) is 20.3. The molecule has 0 unspecified atom stereocenters. The van der Waals surface area contributed by atoms with Crippen molar-refractivity contribution in [1.29, 1.82) is 0 Å². The summed E-state index contributed by atoms with van der Waals surface area (Å²) in [4.78, 5) is 25.6. The average Bonchev–Trinajstić information content (AvgIpc) is 3.04. The fraction of sp³-hybridized carbons (Fsp3) is 0.857. The van der Waals surface area contributed by atoms with E-state index in [0.717, 1.165) is 29.7 Å². The van der Waals surface area contributed by atoms with Gasteiger partial charge in [0, 0.05) is 17.9 Å². The minimum atomic E-state index is -0.0650. The SMILES string of the molecule is CC(C)CCC[C@@H](C)[C@H]1CC[C@H]2[C@@H]3[C@@H](C)C(=O)C4=CC(=O)CC[C@]4(C)[C@H]3CC[C@]12C. The van der Waals surface area contributed by atoms with E-state index in [1.165, 1.54) is 44.9 Å². The molecule has 0 N–H and O–H groups in total. The van der Waals surface area contributed by atoms with Gasteiger partial charge in [-0.1, -0.05) is 60.8 Å². The number of rotatable bonds is 5. The molecule has 0 heterocycles. The molecule has 4 aliphatic rings. The lowest BCUT2D eigenvalue weighted by atomic mass is 9.44. The summed E-state index contributed by atoms with van der Waals surface area (Å²) in [5, 5.41) is 0. The first-order valence-electron chi connectivity index (χ1n) is 12.9. The van der Waals surface area contributed by atoms with Crippen molar-refractivity contribution < 1.29 is 9.59 Å². The van der Waals surface area contributed by atoms with Crippen molar-refractivity contribution in [1.82, 2.24) is 0 Å². The van der Waals surface area contributed by atoms with Gasteiger partial charge < -0.3 is 0 Å². The zero-order valence-electron chi connectivity index (χ0n) is 20.3. The third kappa shape index (κ3) is 3.36. The first-order chi connectivity index (χ1) is 14.1. The quantitative estimate of drug-likeness (QED) is 0.486. The Bertz CT molecular complexity index is 733. The summed E-state index contributed by atoms with van der Waals surface area (Å²) in [5.74, 6) is 4.74. The molecule has 8 atom stereocenters. The second-order valence-electron chi connectivity index (χ2n) is 12.4. The van der Waals surface area contributed by atoms with Crippen molar-refractivity contribution in [3.8, 4) is 0 Å². The van der Waals surface area contributed by atoms with Crippen LogP contribution in [0.15, 0.2) is 11.6 Å². The molecule has 0 amide bonds. The van der Waals surface area contributed by atoms with Gasteiger partial charge in [0.05, 0.1) is 0 Å². The molecule has 0 aromatic heterocycles. The highest BCUT2D eigenvalue weighted by atomic mass is 16.1. The standard InChI is InChI=1S/C28H44O2/c1-17(2)8-7-9-18(3)21-10-11-22-25-19(4)26(30)24-16-20(29)12-14-28(24,6)23(25)13-15-27(21,22)5/h16-19,21-23,25H,7-15H2,1-6H3/t18-,19-,21-,22+,23+,25+,27-,28-/m1/s1. The minimum absolute atomic E-state index is 0.0650.